The number of carboxylic acids is 1. The van der Waals surface area contributed by atoms with Gasteiger partial charge in [-0.25, -0.2) is 9.59 Å². The molecule has 7 nitrogen and oxygen atoms in total. The number of carbonyl (C=O) groups is 2. The van der Waals surface area contributed by atoms with E-state index in [1.807, 2.05) is 33.8 Å². The molecular formula is C25H29NO6. The number of aliphatic carboxylic acids is 1. The molecule has 0 unspecified atom stereocenters. The van der Waals surface area contributed by atoms with E-state index in [1.54, 1.807) is 0 Å². The highest BCUT2D eigenvalue weighted by molar-refractivity contribution is 6.00. The minimum Gasteiger partial charge on any atom is -0.480 e. The number of carboxylic acid groups (broad SMARTS) is 1. The summed E-state index contributed by atoms with van der Waals surface area (Å²) < 4.78 is 11.8. The molecule has 2 heterocycles. The Morgan fingerprint density at radius 1 is 1.06 bits per heavy atom. The number of furan rings is 1. The van der Waals surface area contributed by atoms with Gasteiger partial charge in [-0.1, -0.05) is 13.8 Å². The highest BCUT2D eigenvalue weighted by atomic mass is 16.4. The van der Waals surface area contributed by atoms with Crippen LogP contribution in [0.15, 0.2) is 19.7 Å². The first-order valence-electron chi connectivity index (χ1n) is 11.2. The lowest BCUT2D eigenvalue weighted by atomic mass is 9.93. The Morgan fingerprint density at radius 2 is 1.75 bits per heavy atom. The first-order valence-corrected chi connectivity index (χ1v) is 11.2. The molecule has 1 atom stereocenters. The molecule has 0 bridgehead atoms. The highest BCUT2D eigenvalue weighted by Gasteiger charge is 2.25. The number of aryl methyl sites for hydroxylation is 4. The molecular weight excluding hydrogens is 410 g/mol. The van der Waals surface area contributed by atoms with Gasteiger partial charge in [0.1, 0.15) is 23.0 Å². The normalized spacial score (nSPS) is 14.7. The maximum Gasteiger partial charge on any atom is 0.340 e. The van der Waals surface area contributed by atoms with Crippen LogP contribution in [0, 0.1) is 19.8 Å². The average Bonchev–Trinajstić information content (AvgIpc) is 3.10. The van der Waals surface area contributed by atoms with Gasteiger partial charge < -0.3 is 19.3 Å². The van der Waals surface area contributed by atoms with Crippen LogP contribution in [0.3, 0.4) is 0 Å². The molecule has 0 spiro atoms. The van der Waals surface area contributed by atoms with E-state index in [1.165, 1.54) is 5.56 Å². The zero-order valence-electron chi connectivity index (χ0n) is 19.0. The minimum atomic E-state index is -1.09. The maximum atomic E-state index is 12.8. The topological polar surface area (TPSA) is 110 Å². The van der Waals surface area contributed by atoms with E-state index in [9.17, 15) is 19.5 Å². The number of fused-ring (bicyclic) bond motifs is 4. The van der Waals surface area contributed by atoms with Crippen molar-refractivity contribution in [3.63, 3.8) is 0 Å². The molecule has 1 amide bonds. The van der Waals surface area contributed by atoms with Crippen LogP contribution >= 0.6 is 0 Å². The maximum absolute atomic E-state index is 12.8. The van der Waals surface area contributed by atoms with Gasteiger partial charge in [0.05, 0.1) is 12.0 Å². The fourth-order valence-electron chi connectivity index (χ4n) is 4.72. The van der Waals surface area contributed by atoms with E-state index in [0.717, 1.165) is 53.4 Å². The van der Waals surface area contributed by atoms with Crippen LogP contribution in [-0.2, 0) is 28.9 Å². The van der Waals surface area contributed by atoms with E-state index < -0.39 is 23.5 Å². The molecule has 2 aromatic heterocycles. The fourth-order valence-corrected chi connectivity index (χ4v) is 4.72. The first-order chi connectivity index (χ1) is 15.2. The lowest BCUT2D eigenvalue weighted by molar-refractivity contribution is -0.142. The number of benzene rings is 1. The summed E-state index contributed by atoms with van der Waals surface area (Å²) in [6.07, 6.45) is 4.18. The number of carbonyl (C=O) groups excluding carboxylic acids is 1. The molecule has 0 fully saturated rings. The van der Waals surface area contributed by atoms with Gasteiger partial charge in [-0.3, -0.25) is 4.79 Å². The third-order valence-corrected chi connectivity index (χ3v) is 6.40. The van der Waals surface area contributed by atoms with Gasteiger partial charge >= 0.3 is 11.6 Å². The number of hydrogen-bond donors (Lipinski definition) is 2. The lowest BCUT2D eigenvalue weighted by Gasteiger charge is -2.17. The van der Waals surface area contributed by atoms with Crippen LogP contribution in [0.2, 0.25) is 0 Å². The van der Waals surface area contributed by atoms with Crippen molar-refractivity contribution in [1.82, 2.24) is 5.32 Å². The average molecular weight is 440 g/mol. The molecule has 7 heteroatoms. The largest absolute Gasteiger partial charge is 0.480 e. The van der Waals surface area contributed by atoms with Crippen LogP contribution in [0.5, 0.6) is 0 Å². The number of amides is 1. The second-order valence-corrected chi connectivity index (χ2v) is 9.22. The molecule has 0 saturated heterocycles. The molecule has 1 aromatic carbocycles. The lowest BCUT2D eigenvalue weighted by Crippen LogP contribution is -2.42. The van der Waals surface area contributed by atoms with Gasteiger partial charge in [0.25, 0.3) is 0 Å². The summed E-state index contributed by atoms with van der Waals surface area (Å²) in [4.78, 5) is 36.9. The summed E-state index contributed by atoms with van der Waals surface area (Å²) in [5.41, 5.74) is 3.58. The summed E-state index contributed by atoms with van der Waals surface area (Å²) in [6, 6.07) is 1.01. The number of nitrogens with one attached hydrogen (secondary N) is 1. The highest BCUT2D eigenvalue weighted by Crippen LogP contribution is 2.37. The Hall–Kier alpha value is -3.09. The smallest absolute Gasteiger partial charge is 0.340 e. The third kappa shape index (κ3) is 3.92. The third-order valence-electron chi connectivity index (χ3n) is 6.40. The second kappa shape index (κ2) is 8.45. The summed E-state index contributed by atoms with van der Waals surface area (Å²) in [5, 5.41) is 13.8. The van der Waals surface area contributed by atoms with Crippen LogP contribution in [-0.4, -0.2) is 23.0 Å². The van der Waals surface area contributed by atoms with Crippen molar-refractivity contribution in [1.29, 1.82) is 0 Å². The van der Waals surface area contributed by atoms with Crippen molar-refractivity contribution >= 4 is 33.8 Å². The van der Waals surface area contributed by atoms with Crippen molar-refractivity contribution in [2.75, 3.05) is 0 Å². The van der Waals surface area contributed by atoms with E-state index in [-0.39, 0.29) is 17.9 Å². The van der Waals surface area contributed by atoms with Gasteiger partial charge in [-0.15, -0.1) is 0 Å². The summed E-state index contributed by atoms with van der Waals surface area (Å²) >= 11 is 0. The molecule has 4 rings (SSSR count). The van der Waals surface area contributed by atoms with Gasteiger partial charge in [0.15, 0.2) is 0 Å². The molecule has 0 aliphatic heterocycles. The molecule has 32 heavy (non-hydrogen) atoms. The molecule has 170 valence electrons. The van der Waals surface area contributed by atoms with Crippen LogP contribution in [0.25, 0.3) is 21.9 Å². The van der Waals surface area contributed by atoms with Crippen LogP contribution in [0.1, 0.15) is 61.1 Å². The molecule has 1 aliphatic rings. The van der Waals surface area contributed by atoms with Crippen molar-refractivity contribution in [2.24, 2.45) is 5.92 Å². The Balaban J connectivity index is 1.74. The SMILES string of the molecule is Cc1c(CC(=O)N[C@@H](CC(C)C)C(=O)O)c(=O)oc2c(C)c3oc4c(c3cc12)CCCC4. The quantitative estimate of drug-likeness (QED) is 0.557. The number of rotatable bonds is 6. The van der Waals surface area contributed by atoms with E-state index in [4.69, 9.17) is 8.83 Å². The molecule has 0 saturated carbocycles. The second-order valence-electron chi connectivity index (χ2n) is 9.22. The van der Waals surface area contributed by atoms with E-state index in [0.29, 0.717) is 17.6 Å². The van der Waals surface area contributed by atoms with Crippen molar-refractivity contribution < 1.29 is 23.5 Å². The molecule has 3 aromatic rings. The predicted octanol–water partition coefficient (Wildman–Crippen LogP) is 4.19. The molecule has 1 aliphatic carbocycles. The van der Waals surface area contributed by atoms with Crippen LogP contribution < -0.4 is 10.9 Å². The Bertz CT molecular complexity index is 1280. The van der Waals surface area contributed by atoms with Gasteiger partial charge in [-0.2, -0.15) is 0 Å². The van der Waals surface area contributed by atoms with E-state index in [2.05, 4.69) is 5.32 Å². The number of hydrogen-bond acceptors (Lipinski definition) is 5. The fraction of sp³-hybridized carbons (Fsp3) is 0.480. The van der Waals surface area contributed by atoms with Crippen molar-refractivity contribution in [3.8, 4) is 0 Å². The zero-order valence-corrected chi connectivity index (χ0v) is 19.0. The minimum absolute atomic E-state index is 0.107. The predicted molar refractivity (Wildman–Crippen MR) is 121 cm³/mol. The summed E-state index contributed by atoms with van der Waals surface area (Å²) in [5.74, 6) is -0.479. The van der Waals surface area contributed by atoms with Crippen molar-refractivity contribution in [2.45, 2.75) is 72.3 Å². The summed E-state index contributed by atoms with van der Waals surface area (Å²) in [6.45, 7) is 7.48. The molecule has 2 N–H and O–H groups in total. The Kier molecular flexibility index (Phi) is 5.84. The van der Waals surface area contributed by atoms with Gasteiger partial charge in [0, 0.05) is 28.3 Å². The van der Waals surface area contributed by atoms with Crippen molar-refractivity contribution in [3.05, 3.63) is 44.5 Å². The Morgan fingerprint density at radius 3 is 2.44 bits per heavy atom. The first kappa shape index (κ1) is 22.1. The Labute approximate surface area is 185 Å². The standard InChI is InChI=1S/C25H29NO6/c1-12(2)9-19(24(28)29)26-21(27)11-17-13(3)16-10-18-15-7-5-6-8-20(15)31-23(18)14(4)22(16)32-25(17)30/h10,12,19H,5-9,11H2,1-4H3,(H,26,27)(H,28,29)/t19-/m0/s1. The van der Waals surface area contributed by atoms with Gasteiger partial charge in [0.2, 0.25) is 5.91 Å². The van der Waals surface area contributed by atoms with Crippen LogP contribution in [0.4, 0.5) is 0 Å². The molecule has 0 radical (unpaired) electrons. The zero-order chi connectivity index (χ0) is 23.2. The summed E-state index contributed by atoms with van der Waals surface area (Å²) in [7, 11) is 0. The monoisotopic (exact) mass is 439 g/mol. The van der Waals surface area contributed by atoms with Gasteiger partial charge in [-0.05, 0) is 57.1 Å². The van der Waals surface area contributed by atoms with E-state index >= 15 is 0 Å².